The van der Waals surface area contributed by atoms with Crippen molar-refractivity contribution in [1.29, 1.82) is 0 Å². The number of rotatable bonds is 3. The van der Waals surface area contributed by atoms with Gasteiger partial charge in [0.05, 0.1) is 0 Å². The van der Waals surface area contributed by atoms with Crippen molar-refractivity contribution in [2.75, 3.05) is 25.1 Å². The van der Waals surface area contributed by atoms with Gasteiger partial charge < -0.3 is 10.1 Å². The van der Waals surface area contributed by atoms with E-state index >= 15 is 0 Å². The molecule has 1 saturated heterocycles. The Kier molecular flexibility index (Phi) is 4.46. The average molecular weight is 298 g/mol. The molecule has 2 rings (SSSR count). The molecule has 1 fully saturated rings. The highest BCUT2D eigenvalue weighted by Gasteiger charge is 2.13. The molecule has 0 bridgehead atoms. The molecule has 1 aromatic rings. The summed E-state index contributed by atoms with van der Waals surface area (Å²) in [6, 6.07) is 4.41. The van der Waals surface area contributed by atoms with Gasteiger partial charge in [0.2, 0.25) is 0 Å². The molecule has 1 N–H and O–H groups in total. The van der Waals surface area contributed by atoms with E-state index in [2.05, 4.69) is 47.2 Å². The van der Waals surface area contributed by atoms with Gasteiger partial charge in [0, 0.05) is 29.9 Å². The van der Waals surface area contributed by atoms with Crippen LogP contribution >= 0.6 is 15.9 Å². The topological polar surface area (TPSA) is 21.3 Å². The molecule has 1 aromatic carbocycles. The summed E-state index contributed by atoms with van der Waals surface area (Å²) >= 11 is 3.60. The lowest BCUT2D eigenvalue weighted by atomic mass is 10.0. The number of ether oxygens (including phenoxy) is 1. The van der Waals surface area contributed by atoms with Crippen LogP contribution in [0, 0.1) is 19.8 Å². The van der Waals surface area contributed by atoms with E-state index in [1.54, 1.807) is 0 Å². The molecule has 2 nitrogen and oxygen atoms in total. The van der Waals surface area contributed by atoms with Gasteiger partial charge in [-0.25, -0.2) is 0 Å². The fourth-order valence-electron chi connectivity index (χ4n) is 2.26. The first-order valence-corrected chi connectivity index (χ1v) is 7.04. The number of hydrogen-bond acceptors (Lipinski definition) is 2. The van der Waals surface area contributed by atoms with Crippen LogP contribution < -0.4 is 5.32 Å². The summed E-state index contributed by atoms with van der Waals surface area (Å²) in [7, 11) is 0. The van der Waals surface area contributed by atoms with E-state index in [9.17, 15) is 0 Å². The third-order valence-electron chi connectivity index (χ3n) is 3.37. The van der Waals surface area contributed by atoms with Gasteiger partial charge in [-0.3, -0.25) is 0 Å². The maximum Gasteiger partial charge on any atom is 0.0469 e. The zero-order valence-corrected chi connectivity index (χ0v) is 12.1. The molecule has 0 saturated carbocycles. The molecule has 3 heteroatoms. The largest absolute Gasteiger partial charge is 0.385 e. The lowest BCUT2D eigenvalue weighted by molar-refractivity contribution is 0.0699. The van der Waals surface area contributed by atoms with Crippen molar-refractivity contribution in [1.82, 2.24) is 0 Å². The molecular formula is C14H20BrNO. The Morgan fingerprint density at radius 2 is 1.82 bits per heavy atom. The van der Waals surface area contributed by atoms with Gasteiger partial charge >= 0.3 is 0 Å². The van der Waals surface area contributed by atoms with Gasteiger partial charge in [-0.05, 0) is 55.9 Å². The van der Waals surface area contributed by atoms with Crippen LogP contribution in [0.5, 0.6) is 0 Å². The highest BCUT2D eigenvalue weighted by Crippen LogP contribution is 2.25. The molecule has 1 aliphatic rings. The molecule has 17 heavy (non-hydrogen) atoms. The van der Waals surface area contributed by atoms with E-state index < -0.39 is 0 Å². The normalized spacial score (nSPS) is 17.1. The minimum Gasteiger partial charge on any atom is -0.385 e. The van der Waals surface area contributed by atoms with Crippen LogP contribution in [0.25, 0.3) is 0 Å². The Labute approximate surface area is 112 Å². The lowest BCUT2D eigenvalue weighted by Crippen LogP contribution is -2.22. The van der Waals surface area contributed by atoms with Crippen molar-refractivity contribution in [3.8, 4) is 0 Å². The van der Waals surface area contributed by atoms with Crippen LogP contribution in [0.15, 0.2) is 16.6 Å². The van der Waals surface area contributed by atoms with Crippen LogP contribution in [-0.2, 0) is 4.74 Å². The number of benzene rings is 1. The quantitative estimate of drug-likeness (QED) is 0.913. The highest BCUT2D eigenvalue weighted by atomic mass is 79.9. The van der Waals surface area contributed by atoms with E-state index in [1.807, 2.05) is 0 Å². The van der Waals surface area contributed by atoms with Crippen molar-refractivity contribution in [3.63, 3.8) is 0 Å². The van der Waals surface area contributed by atoms with Crippen LogP contribution in [0.1, 0.15) is 24.0 Å². The first-order valence-electron chi connectivity index (χ1n) is 6.25. The Bertz CT molecular complexity index is 363. The summed E-state index contributed by atoms with van der Waals surface area (Å²) < 4.78 is 6.59. The molecule has 0 amide bonds. The second-order valence-electron chi connectivity index (χ2n) is 4.86. The SMILES string of the molecule is Cc1cc(NCC2CCOCC2)cc(C)c1Br. The molecule has 0 unspecified atom stereocenters. The molecule has 0 spiro atoms. The summed E-state index contributed by atoms with van der Waals surface area (Å²) in [5.41, 5.74) is 3.81. The minimum absolute atomic E-state index is 0.757. The van der Waals surface area contributed by atoms with Crippen molar-refractivity contribution < 1.29 is 4.74 Å². The Balaban J connectivity index is 1.94. The highest BCUT2D eigenvalue weighted by molar-refractivity contribution is 9.10. The summed E-state index contributed by atoms with van der Waals surface area (Å²) in [5.74, 6) is 0.757. The van der Waals surface area contributed by atoms with Gasteiger partial charge in [0.15, 0.2) is 0 Å². The van der Waals surface area contributed by atoms with Crippen LogP contribution in [0.3, 0.4) is 0 Å². The molecule has 0 aliphatic carbocycles. The lowest BCUT2D eigenvalue weighted by Gasteiger charge is -2.23. The summed E-state index contributed by atoms with van der Waals surface area (Å²) in [5, 5.41) is 3.55. The third kappa shape index (κ3) is 3.46. The molecule has 0 aromatic heterocycles. The van der Waals surface area contributed by atoms with Crippen molar-refractivity contribution in [3.05, 3.63) is 27.7 Å². The van der Waals surface area contributed by atoms with E-state index in [-0.39, 0.29) is 0 Å². The van der Waals surface area contributed by atoms with Crippen LogP contribution in [-0.4, -0.2) is 19.8 Å². The minimum atomic E-state index is 0.757. The van der Waals surface area contributed by atoms with Crippen LogP contribution in [0.4, 0.5) is 5.69 Å². The first kappa shape index (κ1) is 12.9. The van der Waals surface area contributed by atoms with Crippen molar-refractivity contribution in [2.24, 2.45) is 5.92 Å². The molecule has 1 heterocycles. The van der Waals surface area contributed by atoms with Crippen LogP contribution in [0.2, 0.25) is 0 Å². The maximum atomic E-state index is 5.37. The average Bonchev–Trinajstić information content (AvgIpc) is 2.34. The molecule has 0 radical (unpaired) electrons. The zero-order valence-electron chi connectivity index (χ0n) is 10.6. The number of aryl methyl sites for hydroxylation is 2. The van der Waals surface area contributed by atoms with E-state index in [1.165, 1.54) is 34.1 Å². The second-order valence-corrected chi connectivity index (χ2v) is 5.65. The number of anilines is 1. The number of hydrogen-bond donors (Lipinski definition) is 1. The zero-order chi connectivity index (χ0) is 12.3. The Hall–Kier alpha value is -0.540. The Morgan fingerprint density at radius 3 is 2.41 bits per heavy atom. The van der Waals surface area contributed by atoms with Gasteiger partial charge in [-0.15, -0.1) is 0 Å². The van der Waals surface area contributed by atoms with Gasteiger partial charge in [-0.1, -0.05) is 15.9 Å². The Morgan fingerprint density at radius 1 is 1.24 bits per heavy atom. The summed E-state index contributed by atoms with van der Waals surface area (Å²) in [4.78, 5) is 0. The van der Waals surface area contributed by atoms with E-state index in [0.717, 1.165) is 25.7 Å². The molecule has 94 valence electrons. The predicted molar refractivity (Wildman–Crippen MR) is 75.6 cm³/mol. The molecule has 1 aliphatic heterocycles. The van der Waals surface area contributed by atoms with Crippen molar-refractivity contribution >= 4 is 21.6 Å². The van der Waals surface area contributed by atoms with Gasteiger partial charge in [0.1, 0.15) is 0 Å². The predicted octanol–water partition coefficient (Wildman–Crippen LogP) is 3.90. The fraction of sp³-hybridized carbons (Fsp3) is 0.571. The first-order chi connectivity index (χ1) is 8.16. The van der Waals surface area contributed by atoms with Crippen molar-refractivity contribution in [2.45, 2.75) is 26.7 Å². The third-order valence-corrected chi connectivity index (χ3v) is 4.62. The van der Waals surface area contributed by atoms with Gasteiger partial charge in [0.25, 0.3) is 0 Å². The second kappa shape index (κ2) is 5.87. The fourth-order valence-corrected chi connectivity index (χ4v) is 2.49. The molecular weight excluding hydrogens is 278 g/mol. The molecule has 0 atom stereocenters. The maximum absolute atomic E-state index is 5.37. The summed E-state index contributed by atoms with van der Waals surface area (Å²) in [6.45, 7) is 7.17. The van der Waals surface area contributed by atoms with Gasteiger partial charge in [-0.2, -0.15) is 0 Å². The van der Waals surface area contributed by atoms with E-state index in [0.29, 0.717) is 0 Å². The number of nitrogens with one attached hydrogen (secondary N) is 1. The summed E-state index contributed by atoms with van der Waals surface area (Å²) in [6.07, 6.45) is 2.36. The van der Waals surface area contributed by atoms with E-state index in [4.69, 9.17) is 4.74 Å². The monoisotopic (exact) mass is 297 g/mol. The standard InChI is InChI=1S/C14H20BrNO/c1-10-7-13(8-11(2)14(10)15)16-9-12-3-5-17-6-4-12/h7-8,12,16H,3-6,9H2,1-2H3. The smallest absolute Gasteiger partial charge is 0.0469 e. The number of halogens is 1.